The number of ether oxygens (including phenoxy) is 2. The third-order valence-corrected chi connectivity index (χ3v) is 7.59. The molecule has 2 aromatic carbocycles. The van der Waals surface area contributed by atoms with Crippen molar-refractivity contribution < 1.29 is 19.1 Å². The van der Waals surface area contributed by atoms with E-state index in [-0.39, 0.29) is 23.8 Å². The minimum absolute atomic E-state index is 0.0482. The van der Waals surface area contributed by atoms with Crippen LogP contribution in [0.1, 0.15) is 74.8 Å². The molecule has 5 heteroatoms. The predicted molar refractivity (Wildman–Crippen MR) is 135 cm³/mol. The molecule has 182 valence electrons. The molecule has 3 aliphatic rings. The van der Waals surface area contributed by atoms with Crippen molar-refractivity contribution in [3.8, 4) is 5.75 Å². The highest BCUT2D eigenvalue weighted by Gasteiger charge is 2.41. The Bertz CT molecular complexity index is 1160. The number of esters is 1. The number of benzene rings is 2. The molecule has 0 amide bonds. The third kappa shape index (κ3) is 4.77. The summed E-state index contributed by atoms with van der Waals surface area (Å²) in [4.78, 5) is 27.3. The van der Waals surface area contributed by atoms with Crippen molar-refractivity contribution in [1.82, 2.24) is 5.32 Å². The zero-order valence-corrected chi connectivity index (χ0v) is 20.5. The summed E-state index contributed by atoms with van der Waals surface area (Å²) in [6.45, 7) is 1.92. The number of Topliss-reactive ketones (excluding diaryl/α,β-unsaturated/α-hetero) is 1. The first-order valence-electron chi connectivity index (χ1n) is 12.7. The fraction of sp³-hybridized carbons (Fsp3) is 0.400. The summed E-state index contributed by atoms with van der Waals surface area (Å²) in [5.41, 5.74) is 5.00. The highest BCUT2D eigenvalue weighted by molar-refractivity contribution is 6.04. The molecule has 1 saturated carbocycles. The van der Waals surface area contributed by atoms with Crippen LogP contribution >= 0.6 is 0 Å². The van der Waals surface area contributed by atoms with Gasteiger partial charge in [-0.05, 0) is 68.2 Å². The van der Waals surface area contributed by atoms with Crippen molar-refractivity contribution in [2.24, 2.45) is 0 Å². The van der Waals surface area contributed by atoms with Gasteiger partial charge in [-0.3, -0.25) is 4.79 Å². The largest absolute Gasteiger partial charge is 0.497 e. The van der Waals surface area contributed by atoms with E-state index in [0.717, 1.165) is 54.8 Å². The van der Waals surface area contributed by atoms with Crippen molar-refractivity contribution in [3.63, 3.8) is 0 Å². The Morgan fingerprint density at radius 3 is 2.31 bits per heavy atom. The second-order valence-electron chi connectivity index (χ2n) is 9.87. The van der Waals surface area contributed by atoms with Gasteiger partial charge in [0.2, 0.25) is 0 Å². The molecule has 1 fully saturated rings. The number of carbonyl (C=O) groups excluding carboxylic acids is 2. The van der Waals surface area contributed by atoms with Crippen molar-refractivity contribution >= 4 is 11.8 Å². The Kier molecular flexibility index (Phi) is 6.76. The quantitative estimate of drug-likeness (QED) is 0.548. The molecule has 0 spiro atoms. The fourth-order valence-corrected chi connectivity index (χ4v) is 5.80. The molecule has 5 nitrogen and oxygen atoms in total. The highest BCUT2D eigenvalue weighted by Crippen LogP contribution is 2.46. The monoisotopic (exact) mass is 471 g/mol. The average molecular weight is 472 g/mol. The van der Waals surface area contributed by atoms with Crippen LogP contribution in [0.4, 0.5) is 0 Å². The van der Waals surface area contributed by atoms with Gasteiger partial charge in [0.25, 0.3) is 0 Å². The Labute approximate surface area is 207 Å². The fourth-order valence-electron chi connectivity index (χ4n) is 5.80. The zero-order chi connectivity index (χ0) is 24.4. The van der Waals surface area contributed by atoms with Crippen LogP contribution in [0.3, 0.4) is 0 Å². The van der Waals surface area contributed by atoms with Gasteiger partial charge in [0.1, 0.15) is 11.9 Å². The topological polar surface area (TPSA) is 64.6 Å². The molecular formula is C30H33NO4. The van der Waals surface area contributed by atoms with Crippen molar-refractivity contribution in [1.29, 1.82) is 0 Å². The lowest BCUT2D eigenvalue weighted by Crippen LogP contribution is -2.37. The molecule has 1 aliphatic heterocycles. The first-order valence-corrected chi connectivity index (χ1v) is 12.7. The Morgan fingerprint density at radius 2 is 1.63 bits per heavy atom. The summed E-state index contributed by atoms with van der Waals surface area (Å²) in [5, 5.41) is 3.45. The molecule has 0 radical (unpaired) electrons. The summed E-state index contributed by atoms with van der Waals surface area (Å²) in [7, 11) is 1.63. The third-order valence-electron chi connectivity index (χ3n) is 7.59. The maximum Gasteiger partial charge on any atom is 0.337 e. The number of carbonyl (C=O) groups is 2. The van der Waals surface area contributed by atoms with Crippen LogP contribution < -0.4 is 10.1 Å². The van der Waals surface area contributed by atoms with E-state index in [0.29, 0.717) is 17.6 Å². The molecule has 0 aromatic heterocycles. The van der Waals surface area contributed by atoms with E-state index in [4.69, 9.17) is 9.47 Å². The molecule has 2 aromatic rings. The predicted octanol–water partition coefficient (Wildman–Crippen LogP) is 5.93. The summed E-state index contributed by atoms with van der Waals surface area (Å²) in [5.74, 6) is 0.187. The van der Waals surface area contributed by atoms with E-state index in [2.05, 4.69) is 17.4 Å². The normalized spacial score (nSPS) is 23.0. The second-order valence-corrected chi connectivity index (χ2v) is 9.87. The standard InChI is InChI=1S/C30H33NO4/c1-19-27(30(33)35-24-11-7-4-8-12-24)28(21-13-15-23(34-2)16-14-21)29-25(31-19)17-22(18-26(29)32)20-9-5-3-6-10-20/h3,5-6,9-10,13-16,22,24,28,31H,4,7-8,11-12,17-18H2,1-2H3. The van der Waals surface area contributed by atoms with Gasteiger partial charge >= 0.3 is 5.97 Å². The van der Waals surface area contributed by atoms with Crippen molar-refractivity contribution in [3.05, 3.63) is 88.3 Å². The second kappa shape index (κ2) is 10.1. The van der Waals surface area contributed by atoms with Gasteiger partial charge in [-0.2, -0.15) is 0 Å². The molecule has 2 aliphatic carbocycles. The average Bonchev–Trinajstić information content (AvgIpc) is 2.89. The molecule has 0 saturated heterocycles. The number of hydrogen-bond acceptors (Lipinski definition) is 5. The van der Waals surface area contributed by atoms with E-state index < -0.39 is 5.92 Å². The van der Waals surface area contributed by atoms with Crippen LogP contribution in [0, 0.1) is 0 Å². The Hall–Kier alpha value is -3.34. The number of hydrogen-bond donors (Lipinski definition) is 1. The summed E-state index contributed by atoms with van der Waals surface area (Å²) < 4.78 is 11.4. The number of methoxy groups -OCH3 is 1. The van der Waals surface area contributed by atoms with Gasteiger partial charge in [0.15, 0.2) is 5.78 Å². The zero-order valence-electron chi connectivity index (χ0n) is 20.5. The first kappa shape index (κ1) is 23.4. The van der Waals surface area contributed by atoms with Crippen LogP contribution in [-0.4, -0.2) is 25.0 Å². The van der Waals surface area contributed by atoms with E-state index in [1.54, 1.807) is 7.11 Å². The lowest BCUT2D eigenvalue weighted by molar-refractivity contribution is -0.146. The van der Waals surface area contributed by atoms with Gasteiger partial charge in [-0.1, -0.05) is 48.9 Å². The van der Waals surface area contributed by atoms with Gasteiger partial charge in [-0.15, -0.1) is 0 Å². The van der Waals surface area contributed by atoms with Crippen molar-refractivity contribution in [2.75, 3.05) is 7.11 Å². The van der Waals surface area contributed by atoms with E-state index in [1.165, 1.54) is 12.0 Å². The van der Waals surface area contributed by atoms with E-state index >= 15 is 0 Å². The van der Waals surface area contributed by atoms with Crippen LogP contribution in [0.15, 0.2) is 77.1 Å². The van der Waals surface area contributed by atoms with E-state index in [9.17, 15) is 9.59 Å². The van der Waals surface area contributed by atoms with Gasteiger partial charge in [0, 0.05) is 29.3 Å². The van der Waals surface area contributed by atoms with Gasteiger partial charge < -0.3 is 14.8 Å². The van der Waals surface area contributed by atoms with Crippen LogP contribution in [0.2, 0.25) is 0 Å². The van der Waals surface area contributed by atoms with Gasteiger partial charge in [0.05, 0.1) is 12.7 Å². The van der Waals surface area contributed by atoms with Gasteiger partial charge in [-0.25, -0.2) is 4.79 Å². The first-order chi connectivity index (χ1) is 17.0. The SMILES string of the molecule is COc1ccc(C2C(C(=O)OC3CCCCC3)=C(C)NC3=C2C(=O)CC(c2ccccc2)C3)cc1. The highest BCUT2D eigenvalue weighted by atomic mass is 16.5. The summed E-state index contributed by atoms with van der Waals surface area (Å²) in [6.07, 6.45) is 6.30. The number of ketones is 1. The molecule has 2 unspecified atom stereocenters. The number of dihydropyridines is 1. The maximum absolute atomic E-state index is 13.7. The molecule has 35 heavy (non-hydrogen) atoms. The smallest absolute Gasteiger partial charge is 0.337 e. The minimum atomic E-state index is -0.447. The Morgan fingerprint density at radius 1 is 0.914 bits per heavy atom. The molecule has 1 heterocycles. The minimum Gasteiger partial charge on any atom is -0.497 e. The van der Waals surface area contributed by atoms with Crippen molar-refractivity contribution in [2.45, 2.75) is 69.8 Å². The van der Waals surface area contributed by atoms with Crippen LogP contribution in [-0.2, 0) is 14.3 Å². The number of rotatable bonds is 5. The van der Waals surface area contributed by atoms with E-state index in [1.807, 2.05) is 49.4 Å². The van der Waals surface area contributed by atoms with Crippen LogP contribution in [0.25, 0.3) is 0 Å². The Balaban J connectivity index is 1.52. The molecule has 2 atom stereocenters. The van der Waals surface area contributed by atoms with Crippen LogP contribution in [0.5, 0.6) is 5.75 Å². The summed E-state index contributed by atoms with van der Waals surface area (Å²) in [6, 6.07) is 17.9. The molecule has 1 N–H and O–H groups in total. The maximum atomic E-state index is 13.7. The molecular weight excluding hydrogens is 438 g/mol. The number of nitrogens with one attached hydrogen (secondary N) is 1. The lowest BCUT2D eigenvalue weighted by Gasteiger charge is -2.37. The lowest BCUT2D eigenvalue weighted by atomic mass is 9.71. The summed E-state index contributed by atoms with van der Waals surface area (Å²) >= 11 is 0. The number of allylic oxidation sites excluding steroid dienone is 3. The molecule has 5 rings (SSSR count). The molecule has 0 bridgehead atoms.